The van der Waals surface area contributed by atoms with E-state index in [0.717, 1.165) is 38.0 Å². The number of aryl methyl sites for hydroxylation is 1. The third-order valence-electron chi connectivity index (χ3n) is 5.37. The Kier molecular flexibility index (Phi) is 5.31. The summed E-state index contributed by atoms with van der Waals surface area (Å²) in [6.07, 6.45) is 5.65. The second-order valence-electron chi connectivity index (χ2n) is 7.41. The van der Waals surface area contributed by atoms with Crippen molar-refractivity contribution in [2.24, 2.45) is 0 Å². The third kappa shape index (κ3) is 3.51. The first-order chi connectivity index (χ1) is 12.0. The highest BCUT2D eigenvalue weighted by Gasteiger charge is 2.27. The molecule has 0 N–H and O–H groups in total. The molecule has 1 heterocycles. The Labute approximate surface area is 151 Å². The average molecular weight is 338 g/mol. The molecule has 3 rings (SSSR count). The fraction of sp³-hybridized carbons (Fsp3) is 0.500. The Hall–Kier alpha value is -2.03. The summed E-state index contributed by atoms with van der Waals surface area (Å²) < 4.78 is 2.31. The van der Waals surface area contributed by atoms with Crippen molar-refractivity contribution < 1.29 is 4.79 Å². The van der Waals surface area contributed by atoms with Gasteiger partial charge in [0.15, 0.2) is 0 Å². The molecule has 3 heteroatoms. The smallest absolute Gasteiger partial charge is 0.270 e. The minimum atomic E-state index is 0.168. The summed E-state index contributed by atoms with van der Waals surface area (Å²) in [5.74, 6) is 0.168. The van der Waals surface area contributed by atoms with E-state index in [1.165, 1.54) is 40.8 Å². The number of fused-ring (bicyclic) bond motifs is 1. The first-order valence-corrected chi connectivity index (χ1v) is 9.54. The summed E-state index contributed by atoms with van der Waals surface area (Å²) in [7, 11) is 1.92. The number of hydrogen-bond donors (Lipinski definition) is 0. The fourth-order valence-electron chi connectivity index (χ4n) is 4.13. The van der Waals surface area contributed by atoms with Crippen LogP contribution in [0, 0.1) is 13.8 Å². The molecule has 0 saturated heterocycles. The molecular formula is C22H30N2O. The largest absolute Gasteiger partial charge is 0.340 e. The zero-order valence-corrected chi connectivity index (χ0v) is 16.1. The average Bonchev–Trinajstić information content (AvgIpc) is 2.87. The standard InChI is InChI=1S/C22H30N2O/c1-5-13-23(4)22(25)21-17(3)19-11-6-7-12-20(19)24(21)15-18-10-8-9-16(2)14-18/h8-10,14H,5-7,11-13,15H2,1-4H3. The summed E-state index contributed by atoms with van der Waals surface area (Å²) in [6.45, 7) is 7.98. The minimum Gasteiger partial charge on any atom is -0.340 e. The van der Waals surface area contributed by atoms with E-state index in [0.29, 0.717) is 0 Å². The molecule has 0 fully saturated rings. The number of nitrogens with zero attached hydrogens (tertiary/aromatic N) is 2. The maximum Gasteiger partial charge on any atom is 0.270 e. The predicted octanol–water partition coefficient (Wildman–Crippen LogP) is 4.51. The Morgan fingerprint density at radius 2 is 1.96 bits per heavy atom. The van der Waals surface area contributed by atoms with Crippen LogP contribution in [0.5, 0.6) is 0 Å². The Morgan fingerprint density at radius 1 is 1.20 bits per heavy atom. The molecule has 1 aromatic carbocycles. The normalized spacial score (nSPS) is 13.6. The highest BCUT2D eigenvalue weighted by Crippen LogP contribution is 2.31. The number of carbonyl (C=O) groups excluding carboxylic acids is 1. The van der Waals surface area contributed by atoms with Gasteiger partial charge in [-0.1, -0.05) is 36.8 Å². The Morgan fingerprint density at radius 3 is 2.68 bits per heavy atom. The number of benzene rings is 1. The molecule has 0 saturated carbocycles. The van der Waals surface area contributed by atoms with Crippen molar-refractivity contribution in [3.8, 4) is 0 Å². The molecule has 0 atom stereocenters. The van der Waals surface area contributed by atoms with E-state index in [9.17, 15) is 4.79 Å². The molecule has 0 unspecified atom stereocenters. The molecule has 1 aliphatic rings. The van der Waals surface area contributed by atoms with Crippen molar-refractivity contribution >= 4 is 5.91 Å². The van der Waals surface area contributed by atoms with Crippen molar-refractivity contribution in [1.29, 1.82) is 0 Å². The molecule has 0 radical (unpaired) electrons. The van der Waals surface area contributed by atoms with Crippen LogP contribution in [0.4, 0.5) is 0 Å². The fourth-order valence-corrected chi connectivity index (χ4v) is 4.13. The molecular weight excluding hydrogens is 308 g/mol. The lowest BCUT2D eigenvalue weighted by Gasteiger charge is -2.20. The number of amides is 1. The third-order valence-corrected chi connectivity index (χ3v) is 5.37. The monoisotopic (exact) mass is 338 g/mol. The van der Waals surface area contributed by atoms with E-state index in [1.807, 2.05) is 11.9 Å². The molecule has 1 aromatic heterocycles. The van der Waals surface area contributed by atoms with Gasteiger partial charge in [0.1, 0.15) is 5.69 Å². The summed E-state index contributed by atoms with van der Waals surface area (Å²) in [5.41, 5.74) is 7.46. The maximum atomic E-state index is 13.2. The lowest BCUT2D eigenvalue weighted by Crippen LogP contribution is -2.30. The van der Waals surface area contributed by atoms with Crippen LogP contribution in [0.2, 0.25) is 0 Å². The molecule has 134 valence electrons. The molecule has 3 nitrogen and oxygen atoms in total. The van der Waals surface area contributed by atoms with Gasteiger partial charge >= 0.3 is 0 Å². The zero-order valence-electron chi connectivity index (χ0n) is 16.1. The van der Waals surface area contributed by atoms with Gasteiger partial charge in [-0.15, -0.1) is 0 Å². The summed E-state index contributed by atoms with van der Waals surface area (Å²) >= 11 is 0. The van der Waals surface area contributed by atoms with Gasteiger partial charge in [0, 0.05) is 25.8 Å². The van der Waals surface area contributed by atoms with E-state index in [-0.39, 0.29) is 5.91 Å². The van der Waals surface area contributed by atoms with Gasteiger partial charge in [0.2, 0.25) is 0 Å². The van der Waals surface area contributed by atoms with Crippen LogP contribution in [0.1, 0.15) is 64.6 Å². The van der Waals surface area contributed by atoms with Crippen molar-refractivity contribution in [1.82, 2.24) is 9.47 Å². The highest BCUT2D eigenvalue weighted by atomic mass is 16.2. The number of rotatable bonds is 5. The SMILES string of the molecule is CCCN(C)C(=O)c1c(C)c2c(n1Cc1cccc(C)c1)CCCC2. The number of hydrogen-bond acceptors (Lipinski definition) is 1. The molecule has 2 aromatic rings. The molecule has 25 heavy (non-hydrogen) atoms. The van der Waals surface area contributed by atoms with Gasteiger partial charge in [-0.3, -0.25) is 4.79 Å². The summed E-state index contributed by atoms with van der Waals surface area (Å²) in [6, 6.07) is 8.63. The molecule has 0 aliphatic heterocycles. The molecule has 1 aliphatic carbocycles. The Balaban J connectivity index is 2.06. The van der Waals surface area contributed by atoms with E-state index in [2.05, 4.69) is 49.6 Å². The minimum absolute atomic E-state index is 0.168. The first kappa shape index (κ1) is 17.8. The van der Waals surface area contributed by atoms with E-state index in [1.54, 1.807) is 0 Å². The quantitative estimate of drug-likeness (QED) is 0.787. The van der Waals surface area contributed by atoms with Crippen molar-refractivity contribution in [3.05, 3.63) is 57.9 Å². The van der Waals surface area contributed by atoms with E-state index < -0.39 is 0 Å². The van der Waals surface area contributed by atoms with Crippen LogP contribution in [-0.2, 0) is 19.4 Å². The summed E-state index contributed by atoms with van der Waals surface area (Å²) in [5, 5.41) is 0. The second-order valence-corrected chi connectivity index (χ2v) is 7.41. The van der Waals surface area contributed by atoms with E-state index in [4.69, 9.17) is 0 Å². The van der Waals surface area contributed by atoms with Crippen LogP contribution in [0.3, 0.4) is 0 Å². The predicted molar refractivity (Wildman–Crippen MR) is 103 cm³/mol. The molecule has 1 amide bonds. The number of aromatic nitrogens is 1. The van der Waals surface area contributed by atoms with Gasteiger partial charge in [0.25, 0.3) is 5.91 Å². The van der Waals surface area contributed by atoms with Crippen LogP contribution in [-0.4, -0.2) is 29.0 Å². The van der Waals surface area contributed by atoms with Crippen molar-refractivity contribution in [3.63, 3.8) is 0 Å². The van der Waals surface area contributed by atoms with Crippen molar-refractivity contribution in [2.45, 2.75) is 59.4 Å². The van der Waals surface area contributed by atoms with Crippen LogP contribution in [0.15, 0.2) is 24.3 Å². The van der Waals surface area contributed by atoms with Crippen molar-refractivity contribution in [2.75, 3.05) is 13.6 Å². The van der Waals surface area contributed by atoms with Crippen LogP contribution >= 0.6 is 0 Å². The highest BCUT2D eigenvalue weighted by molar-refractivity contribution is 5.95. The maximum absolute atomic E-state index is 13.2. The van der Waals surface area contributed by atoms with E-state index >= 15 is 0 Å². The topological polar surface area (TPSA) is 25.2 Å². The van der Waals surface area contributed by atoms with Crippen LogP contribution < -0.4 is 0 Å². The van der Waals surface area contributed by atoms with Gasteiger partial charge in [-0.2, -0.15) is 0 Å². The van der Waals surface area contributed by atoms with Gasteiger partial charge in [0.05, 0.1) is 0 Å². The summed E-state index contributed by atoms with van der Waals surface area (Å²) in [4.78, 5) is 15.0. The number of carbonyl (C=O) groups is 1. The first-order valence-electron chi connectivity index (χ1n) is 9.54. The molecule has 0 bridgehead atoms. The lowest BCUT2D eigenvalue weighted by molar-refractivity contribution is 0.0784. The van der Waals surface area contributed by atoms with Gasteiger partial charge < -0.3 is 9.47 Å². The molecule has 0 spiro atoms. The lowest BCUT2D eigenvalue weighted by atomic mass is 9.95. The zero-order chi connectivity index (χ0) is 18.0. The van der Waals surface area contributed by atoms with Crippen LogP contribution in [0.25, 0.3) is 0 Å². The van der Waals surface area contributed by atoms with Gasteiger partial charge in [-0.25, -0.2) is 0 Å². The second kappa shape index (κ2) is 7.47. The Bertz CT molecular complexity index is 773. The van der Waals surface area contributed by atoms with Gasteiger partial charge in [-0.05, 0) is 62.6 Å².